The van der Waals surface area contributed by atoms with Gasteiger partial charge in [0.15, 0.2) is 0 Å². The van der Waals surface area contributed by atoms with Crippen LogP contribution in [0.5, 0.6) is 0 Å². The van der Waals surface area contributed by atoms with Gasteiger partial charge in [0, 0.05) is 17.7 Å². The number of nitriles is 1. The number of nitro groups is 1. The fourth-order valence-electron chi connectivity index (χ4n) is 2.05. The second-order valence-electron chi connectivity index (χ2n) is 4.69. The van der Waals surface area contributed by atoms with Crippen molar-refractivity contribution in [2.24, 2.45) is 0 Å². The average Bonchev–Trinajstić information content (AvgIpc) is 2.96. The number of hydrogen-bond acceptors (Lipinski definition) is 5. The van der Waals surface area contributed by atoms with Crippen LogP contribution in [0.25, 0.3) is 11.0 Å². The summed E-state index contributed by atoms with van der Waals surface area (Å²) in [7, 11) is 0. The number of imidazole rings is 1. The molecule has 2 N–H and O–H groups in total. The number of hydrogen-bond donors (Lipinski definition) is 2. The van der Waals surface area contributed by atoms with Crippen LogP contribution in [0.4, 0.5) is 11.6 Å². The maximum Gasteiger partial charge on any atom is 0.271 e. The van der Waals surface area contributed by atoms with Gasteiger partial charge in [0.25, 0.3) is 11.6 Å². The van der Waals surface area contributed by atoms with Crippen molar-refractivity contribution < 1.29 is 9.72 Å². The number of benzene rings is 2. The number of anilines is 1. The molecule has 23 heavy (non-hydrogen) atoms. The molecule has 0 aliphatic heterocycles. The van der Waals surface area contributed by atoms with Gasteiger partial charge in [-0.05, 0) is 30.3 Å². The van der Waals surface area contributed by atoms with Crippen LogP contribution < -0.4 is 5.32 Å². The summed E-state index contributed by atoms with van der Waals surface area (Å²) in [5.41, 5.74) is 1.72. The first-order chi connectivity index (χ1) is 11.1. The molecule has 0 aliphatic rings. The molecule has 0 fully saturated rings. The van der Waals surface area contributed by atoms with Gasteiger partial charge in [0.1, 0.15) is 0 Å². The van der Waals surface area contributed by atoms with Gasteiger partial charge in [0.05, 0.1) is 27.6 Å². The Morgan fingerprint density at radius 2 is 2.00 bits per heavy atom. The molecule has 0 unspecified atom stereocenters. The lowest BCUT2D eigenvalue weighted by Gasteiger charge is -2.01. The molecule has 0 saturated heterocycles. The largest absolute Gasteiger partial charge is 0.324 e. The molecular weight excluding hydrogens is 298 g/mol. The van der Waals surface area contributed by atoms with Crippen LogP contribution in [-0.4, -0.2) is 20.8 Å². The summed E-state index contributed by atoms with van der Waals surface area (Å²) < 4.78 is 0. The Morgan fingerprint density at radius 1 is 1.26 bits per heavy atom. The number of nitrogens with one attached hydrogen (secondary N) is 2. The van der Waals surface area contributed by atoms with Gasteiger partial charge in [-0.2, -0.15) is 5.26 Å². The molecule has 2 aromatic carbocycles. The SMILES string of the molecule is N#Cc1ccc(C(=O)Nc2nc3ccc([N+](=O)[O-])cc3[nH]2)cc1. The Labute approximate surface area is 129 Å². The molecule has 0 spiro atoms. The van der Waals surface area contributed by atoms with Crippen molar-refractivity contribution in [3.8, 4) is 6.07 Å². The standard InChI is InChI=1S/C15H9N5O3/c16-8-9-1-3-10(4-2-9)14(21)19-15-17-12-6-5-11(20(22)23)7-13(12)18-15/h1-7H,(H2,17,18,19,21). The molecule has 0 aliphatic carbocycles. The van der Waals surface area contributed by atoms with Gasteiger partial charge in [-0.3, -0.25) is 20.2 Å². The first kappa shape index (κ1) is 14.2. The highest BCUT2D eigenvalue weighted by Gasteiger charge is 2.12. The molecule has 8 heteroatoms. The summed E-state index contributed by atoms with van der Waals surface area (Å²) in [4.78, 5) is 29.3. The molecule has 1 aromatic heterocycles. The van der Waals surface area contributed by atoms with Crippen LogP contribution in [-0.2, 0) is 0 Å². The van der Waals surface area contributed by atoms with Crippen LogP contribution in [0.3, 0.4) is 0 Å². The van der Waals surface area contributed by atoms with Gasteiger partial charge < -0.3 is 4.98 Å². The Kier molecular flexibility index (Phi) is 3.44. The highest BCUT2D eigenvalue weighted by Crippen LogP contribution is 2.20. The average molecular weight is 307 g/mol. The zero-order valence-corrected chi connectivity index (χ0v) is 11.6. The summed E-state index contributed by atoms with van der Waals surface area (Å²) in [6, 6.07) is 12.3. The van der Waals surface area contributed by atoms with E-state index in [1.165, 1.54) is 42.5 Å². The van der Waals surface area contributed by atoms with Crippen LogP contribution in [0, 0.1) is 21.4 Å². The summed E-state index contributed by atoms with van der Waals surface area (Å²) in [5, 5.41) is 22.1. The quantitative estimate of drug-likeness (QED) is 0.568. The van der Waals surface area contributed by atoms with Crippen molar-refractivity contribution in [3.63, 3.8) is 0 Å². The number of amides is 1. The van der Waals surface area contributed by atoms with Gasteiger partial charge in [-0.1, -0.05) is 0 Å². The van der Waals surface area contributed by atoms with E-state index >= 15 is 0 Å². The molecule has 1 heterocycles. The number of aromatic amines is 1. The van der Waals surface area contributed by atoms with Gasteiger partial charge >= 0.3 is 0 Å². The molecule has 0 saturated carbocycles. The van der Waals surface area contributed by atoms with Crippen LogP contribution in [0.15, 0.2) is 42.5 Å². The van der Waals surface area contributed by atoms with Gasteiger partial charge in [-0.25, -0.2) is 4.98 Å². The Morgan fingerprint density at radius 3 is 2.65 bits per heavy atom. The molecule has 3 rings (SSSR count). The van der Waals surface area contributed by atoms with E-state index in [0.29, 0.717) is 22.2 Å². The zero-order valence-electron chi connectivity index (χ0n) is 11.6. The normalized spacial score (nSPS) is 10.2. The molecule has 8 nitrogen and oxygen atoms in total. The number of nitrogens with zero attached hydrogens (tertiary/aromatic N) is 3. The van der Waals surface area contributed by atoms with Crippen molar-refractivity contribution in [2.45, 2.75) is 0 Å². The van der Waals surface area contributed by atoms with E-state index in [0.717, 1.165) is 0 Å². The van der Waals surface area contributed by atoms with E-state index in [9.17, 15) is 14.9 Å². The second-order valence-corrected chi connectivity index (χ2v) is 4.69. The lowest BCUT2D eigenvalue weighted by molar-refractivity contribution is -0.384. The van der Waals surface area contributed by atoms with Crippen molar-refractivity contribution in [1.29, 1.82) is 5.26 Å². The summed E-state index contributed by atoms with van der Waals surface area (Å²) in [6.07, 6.45) is 0. The van der Waals surface area contributed by atoms with Crippen LogP contribution >= 0.6 is 0 Å². The second kappa shape index (κ2) is 5.57. The fraction of sp³-hybridized carbons (Fsp3) is 0. The molecule has 0 atom stereocenters. The lowest BCUT2D eigenvalue weighted by Crippen LogP contribution is -2.12. The first-order valence-electron chi connectivity index (χ1n) is 6.52. The third-order valence-corrected chi connectivity index (χ3v) is 3.18. The third-order valence-electron chi connectivity index (χ3n) is 3.18. The number of aromatic nitrogens is 2. The number of fused-ring (bicyclic) bond motifs is 1. The maximum absolute atomic E-state index is 12.1. The summed E-state index contributed by atoms with van der Waals surface area (Å²) >= 11 is 0. The van der Waals surface area contributed by atoms with Crippen LogP contribution in [0.1, 0.15) is 15.9 Å². The van der Waals surface area contributed by atoms with E-state index in [1.807, 2.05) is 6.07 Å². The van der Waals surface area contributed by atoms with Gasteiger partial charge in [-0.15, -0.1) is 0 Å². The van der Waals surface area contributed by atoms with Crippen molar-refractivity contribution in [3.05, 3.63) is 63.7 Å². The Balaban J connectivity index is 1.84. The van der Waals surface area contributed by atoms with Crippen molar-refractivity contribution in [1.82, 2.24) is 9.97 Å². The third kappa shape index (κ3) is 2.84. The van der Waals surface area contributed by atoms with Gasteiger partial charge in [0.2, 0.25) is 5.95 Å². The summed E-state index contributed by atoms with van der Waals surface area (Å²) in [6.45, 7) is 0. The molecule has 112 valence electrons. The van der Waals surface area contributed by atoms with E-state index < -0.39 is 10.8 Å². The van der Waals surface area contributed by atoms with E-state index in [-0.39, 0.29) is 11.6 Å². The van der Waals surface area contributed by atoms with E-state index in [1.54, 1.807) is 0 Å². The number of H-pyrrole nitrogens is 1. The van der Waals surface area contributed by atoms with E-state index in [2.05, 4.69) is 15.3 Å². The Bertz CT molecular complexity index is 953. The molecular formula is C15H9N5O3. The first-order valence-corrected chi connectivity index (χ1v) is 6.52. The summed E-state index contributed by atoms with van der Waals surface area (Å²) in [5.74, 6) is -0.210. The molecule has 1 amide bonds. The minimum absolute atomic E-state index is 0.0638. The number of rotatable bonds is 3. The highest BCUT2D eigenvalue weighted by molar-refractivity contribution is 6.04. The van der Waals surface area contributed by atoms with Crippen LogP contribution in [0.2, 0.25) is 0 Å². The zero-order chi connectivity index (χ0) is 16.4. The Hall–Kier alpha value is -3.73. The van der Waals surface area contributed by atoms with E-state index in [4.69, 9.17) is 5.26 Å². The highest BCUT2D eigenvalue weighted by atomic mass is 16.6. The monoisotopic (exact) mass is 307 g/mol. The minimum Gasteiger partial charge on any atom is -0.324 e. The number of carbonyl (C=O) groups is 1. The molecule has 3 aromatic rings. The fourth-order valence-corrected chi connectivity index (χ4v) is 2.05. The lowest BCUT2D eigenvalue weighted by atomic mass is 10.1. The van der Waals surface area contributed by atoms with Crippen molar-refractivity contribution >= 4 is 28.6 Å². The topological polar surface area (TPSA) is 125 Å². The van der Waals surface area contributed by atoms with Crippen molar-refractivity contribution in [2.75, 3.05) is 5.32 Å². The number of nitro benzene ring substituents is 1. The molecule has 0 radical (unpaired) electrons. The number of carbonyl (C=O) groups excluding carboxylic acids is 1. The predicted octanol–water partition coefficient (Wildman–Crippen LogP) is 2.60. The maximum atomic E-state index is 12.1. The predicted molar refractivity (Wildman–Crippen MR) is 81.9 cm³/mol. The molecule has 0 bridgehead atoms. The minimum atomic E-state index is -0.505. The smallest absolute Gasteiger partial charge is 0.271 e. The number of non-ortho nitro benzene ring substituents is 1.